The zero-order valence-electron chi connectivity index (χ0n) is 23.2. The van der Waals surface area contributed by atoms with Gasteiger partial charge in [0.25, 0.3) is 0 Å². The number of nitrogens with one attached hydrogen (secondary N) is 2. The Morgan fingerprint density at radius 1 is 0.927 bits per heavy atom. The van der Waals surface area contributed by atoms with Crippen LogP contribution in [0.4, 0.5) is 32.0 Å². The second-order valence-electron chi connectivity index (χ2n) is 10.0. The van der Waals surface area contributed by atoms with Gasteiger partial charge in [-0.2, -0.15) is 26.3 Å². The lowest BCUT2D eigenvalue weighted by Crippen LogP contribution is -2.37. The minimum atomic E-state index is -4.99. The fourth-order valence-corrected chi connectivity index (χ4v) is 5.82. The molecule has 0 radical (unpaired) electrons. The summed E-state index contributed by atoms with van der Waals surface area (Å²) in [6.45, 7) is 10.1. The number of nitrogens with zero attached hydrogens (tertiary/aromatic N) is 1. The highest BCUT2D eigenvalue weighted by Gasteiger charge is 2.41. The van der Waals surface area contributed by atoms with E-state index in [1.54, 1.807) is 28.8 Å². The number of carbonyl (C=O) groups is 2. The molecule has 2 rings (SSSR count). The molecule has 232 valence electrons. The molecule has 2 amide bonds. The van der Waals surface area contributed by atoms with Gasteiger partial charge in [-0.3, -0.25) is 14.2 Å². The molecule has 1 heterocycles. The summed E-state index contributed by atoms with van der Waals surface area (Å²) in [7, 11) is -3.99. The van der Waals surface area contributed by atoms with E-state index in [2.05, 4.69) is 11.5 Å². The Balaban J connectivity index is 2.10. The summed E-state index contributed by atoms with van der Waals surface area (Å²) in [5.41, 5.74) is 2.13. The van der Waals surface area contributed by atoms with Gasteiger partial charge in [0.15, 0.2) is 0 Å². The third kappa shape index (κ3) is 9.21. The Labute approximate surface area is 235 Å². The Hall–Kier alpha value is -2.57. The zero-order valence-corrected chi connectivity index (χ0v) is 24.1. The average molecular weight is 616 g/mol. The highest BCUT2D eigenvalue weighted by atomic mass is 31.2. The van der Waals surface area contributed by atoms with Crippen LogP contribution < -0.4 is 20.8 Å². The predicted octanol–water partition coefficient (Wildman–Crippen LogP) is 5.48. The predicted molar refractivity (Wildman–Crippen MR) is 142 cm³/mol. The molecule has 0 bridgehead atoms. The normalized spacial score (nSPS) is 15.1. The summed E-state index contributed by atoms with van der Waals surface area (Å²) < 4.78 is 99.2. The first-order valence-electron chi connectivity index (χ1n) is 13.2. The molecule has 0 unspecified atom stereocenters. The minimum absolute atomic E-state index is 0.115. The molecule has 0 aromatic heterocycles. The van der Waals surface area contributed by atoms with Crippen molar-refractivity contribution in [2.45, 2.75) is 70.6 Å². The van der Waals surface area contributed by atoms with Crippen LogP contribution in [0.3, 0.4) is 0 Å². The van der Waals surface area contributed by atoms with Crippen LogP contribution in [0.5, 0.6) is 0 Å². The molecule has 0 fully saturated rings. The van der Waals surface area contributed by atoms with Gasteiger partial charge < -0.3 is 24.6 Å². The van der Waals surface area contributed by atoms with E-state index in [0.29, 0.717) is 0 Å². The molecule has 1 aromatic rings. The SMILES string of the molecule is C=C1N(CCC)c2ccc(P(=O)(OCCCCNC(=O)C(F)(F)F)OCCCCNC(=O)C(F)(F)F)cc2C1(C)C. The summed E-state index contributed by atoms with van der Waals surface area (Å²) in [4.78, 5) is 23.9. The zero-order chi connectivity index (χ0) is 31.1. The van der Waals surface area contributed by atoms with Gasteiger partial charge in [-0.1, -0.05) is 27.4 Å². The van der Waals surface area contributed by atoms with Gasteiger partial charge in [0.1, 0.15) is 0 Å². The number of fused-ring (bicyclic) bond motifs is 1. The first-order valence-corrected chi connectivity index (χ1v) is 14.7. The molecule has 1 aliphatic heterocycles. The maximum atomic E-state index is 13.9. The molecule has 2 N–H and O–H groups in total. The molecule has 1 aromatic carbocycles. The van der Waals surface area contributed by atoms with Gasteiger partial charge in [0, 0.05) is 36.4 Å². The number of carbonyl (C=O) groups excluding carboxylic acids is 2. The van der Waals surface area contributed by atoms with E-state index in [4.69, 9.17) is 9.05 Å². The Bertz CT molecular complexity index is 1100. The molecule has 0 atom stereocenters. The van der Waals surface area contributed by atoms with E-state index in [9.17, 15) is 40.5 Å². The molecule has 8 nitrogen and oxygen atoms in total. The lowest BCUT2D eigenvalue weighted by Gasteiger charge is -2.25. The van der Waals surface area contributed by atoms with E-state index < -0.39 is 37.2 Å². The van der Waals surface area contributed by atoms with Gasteiger partial charge in [0.05, 0.1) is 18.5 Å². The van der Waals surface area contributed by atoms with Crippen LogP contribution in [0.1, 0.15) is 58.4 Å². The summed E-state index contributed by atoms with van der Waals surface area (Å²) in [5, 5.41) is 3.73. The monoisotopic (exact) mass is 615 g/mol. The Kier molecular flexibility index (Phi) is 11.9. The van der Waals surface area contributed by atoms with E-state index in [1.165, 1.54) is 0 Å². The number of halogens is 6. The maximum Gasteiger partial charge on any atom is 0.471 e. The second kappa shape index (κ2) is 14.1. The van der Waals surface area contributed by atoms with E-state index in [0.717, 1.165) is 29.9 Å². The lowest BCUT2D eigenvalue weighted by molar-refractivity contribution is -0.173. The fourth-order valence-electron chi connectivity index (χ4n) is 4.16. The molecule has 15 heteroatoms. The lowest BCUT2D eigenvalue weighted by atomic mass is 9.84. The Morgan fingerprint density at radius 2 is 1.41 bits per heavy atom. The molecule has 1 aliphatic rings. The molecule has 0 saturated carbocycles. The standard InChI is InChI=1S/C26H36F6N3O5P/c1-5-14-35-18(2)24(3,4)20-17-19(10-11-21(20)35)41(38,39-15-8-6-12-33-22(36)25(27,28)29)40-16-9-7-13-34-23(37)26(30,31)32/h10-11,17H,2,5-9,12-16H2,1,3-4H3,(H,33,36)(H,34,37). The van der Waals surface area contributed by atoms with Crippen molar-refractivity contribution in [3.63, 3.8) is 0 Å². The van der Waals surface area contributed by atoms with Crippen molar-refractivity contribution in [2.75, 3.05) is 37.7 Å². The van der Waals surface area contributed by atoms with Crippen molar-refractivity contribution < 1.29 is 49.5 Å². The molecular formula is C26H36F6N3O5P. The van der Waals surface area contributed by atoms with Crippen LogP contribution in [0, 0.1) is 0 Å². The van der Waals surface area contributed by atoms with Crippen molar-refractivity contribution in [1.82, 2.24) is 10.6 Å². The molecule has 0 aliphatic carbocycles. The van der Waals surface area contributed by atoms with E-state index in [1.807, 2.05) is 20.8 Å². The third-order valence-corrected chi connectivity index (χ3v) is 8.46. The summed E-state index contributed by atoms with van der Waals surface area (Å²) in [6, 6.07) is 5.10. The van der Waals surface area contributed by atoms with Crippen molar-refractivity contribution in [2.24, 2.45) is 0 Å². The van der Waals surface area contributed by atoms with Crippen LogP contribution in [0.2, 0.25) is 0 Å². The number of anilines is 1. The number of hydrogen-bond acceptors (Lipinski definition) is 6. The number of hydrogen-bond donors (Lipinski definition) is 2. The number of benzene rings is 1. The van der Waals surface area contributed by atoms with Crippen LogP contribution in [-0.4, -0.2) is 57.0 Å². The van der Waals surface area contributed by atoms with Crippen LogP contribution in [0.15, 0.2) is 30.5 Å². The first-order chi connectivity index (χ1) is 18.9. The highest BCUT2D eigenvalue weighted by Crippen LogP contribution is 2.52. The van der Waals surface area contributed by atoms with Crippen LogP contribution >= 0.6 is 7.60 Å². The quantitative estimate of drug-likeness (QED) is 0.154. The van der Waals surface area contributed by atoms with Crippen LogP contribution in [0.25, 0.3) is 0 Å². The van der Waals surface area contributed by atoms with Gasteiger partial charge in [-0.05, 0) is 55.9 Å². The maximum absolute atomic E-state index is 13.9. The first kappa shape index (κ1) is 34.6. The second-order valence-corrected chi connectivity index (χ2v) is 12.0. The number of amides is 2. The van der Waals surface area contributed by atoms with E-state index >= 15 is 0 Å². The largest absolute Gasteiger partial charge is 0.471 e. The van der Waals surface area contributed by atoms with Crippen molar-refractivity contribution in [3.8, 4) is 0 Å². The number of alkyl halides is 6. The fraction of sp³-hybridized carbons (Fsp3) is 0.615. The topological polar surface area (TPSA) is 97.0 Å². The summed E-state index contributed by atoms with van der Waals surface area (Å²) in [5.74, 6) is -4.11. The van der Waals surface area contributed by atoms with Crippen LogP contribution in [-0.2, 0) is 28.6 Å². The molecule has 41 heavy (non-hydrogen) atoms. The van der Waals surface area contributed by atoms with E-state index in [-0.39, 0.29) is 57.3 Å². The Morgan fingerprint density at radius 3 is 1.85 bits per heavy atom. The highest BCUT2D eigenvalue weighted by molar-refractivity contribution is 7.62. The molecular weight excluding hydrogens is 579 g/mol. The molecule has 0 spiro atoms. The summed E-state index contributed by atoms with van der Waals surface area (Å²) in [6.07, 6.45) is -8.57. The van der Waals surface area contributed by atoms with Crippen molar-refractivity contribution in [3.05, 3.63) is 36.0 Å². The smallest absolute Gasteiger partial charge is 0.348 e. The molecule has 0 saturated heterocycles. The van der Waals surface area contributed by atoms with Crippen molar-refractivity contribution >= 4 is 30.4 Å². The van der Waals surface area contributed by atoms with Gasteiger partial charge in [-0.15, -0.1) is 0 Å². The number of unbranched alkanes of at least 4 members (excludes halogenated alkanes) is 2. The minimum Gasteiger partial charge on any atom is -0.348 e. The summed E-state index contributed by atoms with van der Waals surface area (Å²) >= 11 is 0. The third-order valence-electron chi connectivity index (χ3n) is 6.51. The van der Waals surface area contributed by atoms with Crippen molar-refractivity contribution in [1.29, 1.82) is 0 Å². The van der Waals surface area contributed by atoms with Gasteiger partial charge in [-0.25, -0.2) is 0 Å². The average Bonchev–Trinajstić information content (AvgIpc) is 3.07. The number of rotatable bonds is 15. The number of allylic oxidation sites excluding steroid dienone is 1. The van der Waals surface area contributed by atoms with Gasteiger partial charge in [0.2, 0.25) is 0 Å². The van der Waals surface area contributed by atoms with Gasteiger partial charge >= 0.3 is 31.8 Å².